The number of phenols is 4. The van der Waals surface area contributed by atoms with Gasteiger partial charge in [0.25, 0.3) is 0 Å². The van der Waals surface area contributed by atoms with Crippen molar-refractivity contribution < 1.29 is 159 Å². The molecule has 12 aromatic rings. The highest BCUT2D eigenvalue weighted by Crippen LogP contribution is 2.44. The lowest BCUT2D eigenvalue weighted by atomic mass is 9.84. The number of carboxylic acid groups (broad SMARTS) is 14. The van der Waals surface area contributed by atoms with Gasteiger partial charge in [0.1, 0.15) is 23.0 Å². The van der Waals surface area contributed by atoms with Crippen LogP contribution in [0.15, 0.2) is 200 Å². The summed E-state index contributed by atoms with van der Waals surface area (Å²) in [5.41, 5.74) is 11.6. The Morgan fingerprint density at radius 2 is 0.414 bits per heavy atom. The molecule has 0 amide bonds. The van der Waals surface area contributed by atoms with Gasteiger partial charge in [0.15, 0.2) is 0 Å². The number of carboxylic acids is 14. The van der Waals surface area contributed by atoms with Gasteiger partial charge in [-0.3, -0.25) is 0 Å². The molecule has 35 heteroatoms. The molecule has 0 aliphatic heterocycles. The number of nitrogens with two attached hydrogens (primary N) is 3. The second kappa shape index (κ2) is 37.5. The third kappa shape index (κ3) is 22.3. The normalized spacial score (nSPS) is 9.98. The summed E-state index contributed by atoms with van der Waals surface area (Å²) < 4.78 is 0. The molecule has 0 aromatic heterocycles. The van der Waals surface area contributed by atoms with E-state index in [0.717, 1.165) is 24.3 Å². The van der Waals surface area contributed by atoms with Crippen LogP contribution in [0.2, 0.25) is 0 Å². The van der Waals surface area contributed by atoms with E-state index in [1.165, 1.54) is 121 Å². The van der Waals surface area contributed by atoms with Gasteiger partial charge in [-0.25, -0.2) is 67.1 Å². The molecule has 35 nitrogen and oxygen atoms in total. The fourth-order valence-corrected chi connectivity index (χ4v) is 9.98. The van der Waals surface area contributed by atoms with E-state index in [2.05, 4.69) is 0 Å². The number of aromatic carboxylic acids is 14. The van der Waals surface area contributed by atoms with Gasteiger partial charge >= 0.3 is 83.6 Å². The van der Waals surface area contributed by atoms with Crippen molar-refractivity contribution in [2.75, 3.05) is 17.2 Å². The van der Waals surface area contributed by atoms with Crippen LogP contribution in [0.5, 0.6) is 23.0 Å². The van der Waals surface area contributed by atoms with E-state index in [4.69, 9.17) is 88.7 Å². The van der Waals surface area contributed by atoms with Crippen LogP contribution < -0.4 is 17.2 Å². The van der Waals surface area contributed by atoms with Crippen molar-refractivity contribution in [3.8, 4) is 23.0 Å². The number of hydrogen-bond donors (Lipinski definition) is 21. The van der Waals surface area contributed by atoms with E-state index in [-0.39, 0.29) is 84.0 Å². The third-order valence-electron chi connectivity index (χ3n) is 14.6. The molecule has 0 aliphatic rings. The number of benzene rings is 12. The number of nitrogen functional groups attached to an aromatic ring is 3. The highest BCUT2D eigenvalue weighted by molar-refractivity contribution is 6.38. The van der Waals surface area contributed by atoms with E-state index in [1.54, 1.807) is 6.07 Å². The molecule has 0 spiro atoms. The third-order valence-corrected chi connectivity index (χ3v) is 14.6. The summed E-state index contributed by atoms with van der Waals surface area (Å²) in [6.45, 7) is 0. The molecule has 0 aliphatic carbocycles. The van der Waals surface area contributed by atoms with E-state index < -0.39 is 117 Å². The van der Waals surface area contributed by atoms with Gasteiger partial charge in [-0.1, -0.05) is 66.7 Å². The Balaban J connectivity index is 0.000000242. The monoisotopic (exact) mass is 1520 g/mol. The van der Waals surface area contributed by atoms with Crippen LogP contribution in [-0.4, -0.2) is 175 Å². The minimum atomic E-state index is -1.66. The SMILES string of the molecule is Nc1cc(C(=O)O)cc(C(=O)O)c1.Nc1cc(N)cc(C(=O)O)c1.O=C(O)c1cc(C(=O)O)c(C(=O)O)cc1C(=O)O.O=C(O)c1ccc(C(=O)O)c(C(=O)O)c1.O=C(O)c1ccc2c3ccc(C(=O)O)c4c(C(=O)O)ccc(c5ccc(C(=O)O)c1c25)c43.Oc1ccc(O)cc1.Oc1cccc(O)c1.c1ccccc1. The van der Waals surface area contributed by atoms with Gasteiger partial charge in [0, 0.05) is 33.9 Å². The van der Waals surface area contributed by atoms with Crippen molar-refractivity contribution in [3.05, 3.63) is 278 Å². The molecule has 24 N–H and O–H groups in total. The number of aromatic hydroxyl groups is 4. The minimum Gasteiger partial charge on any atom is -0.508 e. The lowest BCUT2D eigenvalue weighted by molar-refractivity contribution is 0.0637. The fraction of sp³-hybridized carbons (Fsp3) is 0. The summed E-state index contributed by atoms with van der Waals surface area (Å²) >= 11 is 0. The summed E-state index contributed by atoms with van der Waals surface area (Å²) in [4.78, 5) is 154. The smallest absolute Gasteiger partial charge is 0.336 e. The summed E-state index contributed by atoms with van der Waals surface area (Å²) in [7, 11) is 0. The van der Waals surface area contributed by atoms with Gasteiger partial charge in [-0.15, -0.1) is 0 Å². The molecule has 12 rings (SSSR count). The molecule has 0 radical (unpaired) electrons. The maximum atomic E-state index is 11.9. The zero-order chi connectivity index (χ0) is 83.2. The molecule has 0 fully saturated rings. The van der Waals surface area contributed by atoms with Crippen LogP contribution in [-0.2, 0) is 0 Å². The molecule has 12 aromatic carbocycles. The van der Waals surface area contributed by atoms with Crippen molar-refractivity contribution in [1.29, 1.82) is 0 Å². The Bertz CT molecular complexity index is 5220. The lowest BCUT2D eigenvalue weighted by Crippen LogP contribution is -2.15. The number of carbonyl (C=O) groups is 14. The van der Waals surface area contributed by atoms with E-state index in [1.807, 2.05) is 36.4 Å². The van der Waals surface area contributed by atoms with Crippen LogP contribution in [0.25, 0.3) is 43.1 Å². The predicted octanol–water partition coefficient (Wildman–Crippen LogP) is 10.9. The topological polar surface area (TPSA) is 681 Å². The van der Waals surface area contributed by atoms with Gasteiger partial charge < -0.3 is 109 Å². The molecule has 0 saturated heterocycles. The van der Waals surface area contributed by atoms with Gasteiger partial charge in [-0.2, -0.15) is 0 Å². The first-order valence-corrected chi connectivity index (χ1v) is 30.4. The number of anilines is 3. The van der Waals surface area contributed by atoms with Gasteiger partial charge in [0.2, 0.25) is 0 Å². The number of fused-ring (bicyclic) bond motifs is 2. The Labute approximate surface area is 618 Å². The maximum absolute atomic E-state index is 11.9. The summed E-state index contributed by atoms with van der Waals surface area (Å²) in [6, 6.07) is 46.4. The Kier molecular flexibility index (Phi) is 28.7. The first-order chi connectivity index (χ1) is 52.1. The highest BCUT2D eigenvalue weighted by Gasteiger charge is 2.28. The predicted molar refractivity (Wildman–Crippen MR) is 390 cm³/mol. The van der Waals surface area contributed by atoms with Crippen LogP contribution >= 0.6 is 0 Å². The maximum Gasteiger partial charge on any atom is 0.336 e. The van der Waals surface area contributed by atoms with Gasteiger partial charge in [-0.05, 0) is 160 Å². The quantitative estimate of drug-likeness (QED) is 0.0208. The fourth-order valence-electron chi connectivity index (χ4n) is 9.98. The Morgan fingerprint density at radius 1 is 0.180 bits per heavy atom. The van der Waals surface area contributed by atoms with Crippen LogP contribution in [0.1, 0.15) is 145 Å². The molecule has 0 saturated carbocycles. The van der Waals surface area contributed by atoms with Crippen molar-refractivity contribution >= 4 is 144 Å². The molecule has 0 heterocycles. The zero-order valence-corrected chi connectivity index (χ0v) is 56.0. The number of rotatable bonds is 14. The molecule has 568 valence electrons. The van der Waals surface area contributed by atoms with E-state index in [0.29, 0.717) is 55.8 Å². The van der Waals surface area contributed by atoms with Crippen LogP contribution in [0, 0.1) is 0 Å². The van der Waals surface area contributed by atoms with Crippen LogP contribution in [0.3, 0.4) is 0 Å². The number of phenolic OH excluding ortho intramolecular Hbond substituents is 4. The second-order valence-electron chi connectivity index (χ2n) is 22.0. The average Bonchev–Trinajstić information content (AvgIpc) is 0.702. The molecule has 0 atom stereocenters. The molecule has 0 bridgehead atoms. The molecule has 111 heavy (non-hydrogen) atoms. The lowest BCUT2D eigenvalue weighted by Gasteiger charge is -2.18. The summed E-state index contributed by atoms with van der Waals surface area (Å²) in [6.07, 6.45) is 0. The molecular weight excluding hydrogens is 1470 g/mol. The number of hydrogen-bond acceptors (Lipinski definition) is 21. The summed E-state index contributed by atoms with van der Waals surface area (Å²) in [5.74, 6) is -18.9. The van der Waals surface area contributed by atoms with Crippen molar-refractivity contribution in [2.45, 2.75) is 0 Å². The highest BCUT2D eigenvalue weighted by atomic mass is 16.4. The summed E-state index contributed by atoms with van der Waals surface area (Å²) in [5, 5.41) is 163. The Hall–Kier alpha value is -16.9. The minimum absolute atomic E-state index is 0.0587. The molecule has 0 unspecified atom stereocenters. The average molecular weight is 1520 g/mol. The van der Waals surface area contributed by atoms with Crippen molar-refractivity contribution in [1.82, 2.24) is 0 Å². The van der Waals surface area contributed by atoms with Crippen LogP contribution in [0.4, 0.5) is 17.1 Å². The zero-order valence-electron chi connectivity index (χ0n) is 56.0. The first kappa shape index (κ1) is 84.8. The Morgan fingerprint density at radius 3 is 0.649 bits per heavy atom. The van der Waals surface area contributed by atoms with Crippen molar-refractivity contribution in [2.24, 2.45) is 0 Å². The van der Waals surface area contributed by atoms with E-state index in [9.17, 15) is 87.5 Å². The van der Waals surface area contributed by atoms with Crippen molar-refractivity contribution in [3.63, 3.8) is 0 Å². The molecular formula is C76H57N3O32. The second-order valence-corrected chi connectivity index (χ2v) is 22.0. The first-order valence-electron chi connectivity index (χ1n) is 30.4. The van der Waals surface area contributed by atoms with Gasteiger partial charge in [0.05, 0.1) is 77.9 Å². The van der Waals surface area contributed by atoms with E-state index >= 15 is 0 Å². The largest absolute Gasteiger partial charge is 0.508 e. The standard InChI is InChI=1S/C24H12O8.C10H6O8.C9H6O6.C8H7NO4.C7H8N2O2.2C6H6O2.C6H6/c25-21(26)13-5-1-9-10-2-6-15(23(29)30)20-16(24(31)32)8-4-12(18(10)20)11-3-7-14(22(27)28)19(13)17(9)11;11-7(12)3-1-4(8(13)14)6(10(17)18)2-5(3)9(15)16;10-7(11)4-1-2-5(8(12)13)6(3-4)9(14)15;9-6-2-4(7(10)11)1-5(3-6)8(12)13;8-5-1-4(7(10)11)2-6(9)3-5;7-5-1-2-6(8)4-3-5;7-5-2-1-3-6(8)4-5;1-2-4-6-5-3-1/h1-8H,(H,25,26)(H,27,28)(H,29,30)(H,31,32);1-2H,(H,11,12)(H,13,14)(H,15,16)(H,17,18);1-3H,(H,10,11)(H,12,13)(H,14,15);1-3H,9H2,(H,10,11)(H,12,13);1-3H,8-9H2,(H,10,11);2*1-4,7-8H;1-6H.